The zero-order chi connectivity index (χ0) is 8.55. The fraction of sp³-hybridized carbons (Fsp3) is 0.889. The molecule has 3 heteroatoms. The van der Waals surface area contributed by atoms with Crippen molar-refractivity contribution in [3.8, 4) is 0 Å². The van der Waals surface area contributed by atoms with Gasteiger partial charge in [-0.15, -0.1) is 0 Å². The molecule has 0 spiro atoms. The first-order chi connectivity index (χ1) is 5.79. The first-order valence-electron chi connectivity index (χ1n) is 4.87. The first kappa shape index (κ1) is 7.90. The van der Waals surface area contributed by atoms with Gasteiger partial charge in [-0.2, -0.15) is 0 Å². The van der Waals surface area contributed by atoms with Crippen LogP contribution < -0.4 is 5.73 Å². The van der Waals surface area contributed by atoms with Crippen molar-refractivity contribution in [1.82, 2.24) is 4.90 Å². The van der Waals surface area contributed by atoms with E-state index in [4.69, 9.17) is 5.73 Å². The number of rotatable bonds is 2. The van der Waals surface area contributed by atoms with Crippen molar-refractivity contribution in [2.75, 3.05) is 0 Å². The zero-order valence-corrected chi connectivity index (χ0v) is 7.33. The molecule has 0 unspecified atom stereocenters. The molecule has 2 rings (SSSR count). The number of carbonyl (C=O) groups excluding carboxylic acids is 1. The van der Waals surface area contributed by atoms with Gasteiger partial charge in [-0.1, -0.05) is 12.8 Å². The first-order valence-corrected chi connectivity index (χ1v) is 4.87. The molecule has 0 aliphatic heterocycles. The second-order valence-electron chi connectivity index (χ2n) is 3.91. The van der Waals surface area contributed by atoms with Crippen LogP contribution in [-0.4, -0.2) is 23.0 Å². The summed E-state index contributed by atoms with van der Waals surface area (Å²) in [6.45, 7) is 0. The molecule has 0 aromatic heterocycles. The summed E-state index contributed by atoms with van der Waals surface area (Å²) >= 11 is 0. The Morgan fingerprint density at radius 2 is 1.58 bits per heavy atom. The fourth-order valence-electron chi connectivity index (χ4n) is 2.19. The maximum absolute atomic E-state index is 11.1. The Balaban J connectivity index is 1.99. The van der Waals surface area contributed by atoms with E-state index in [1.54, 1.807) is 0 Å². The van der Waals surface area contributed by atoms with Gasteiger partial charge in [0.2, 0.25) is 0 Å². The minimum Gasteiger partial charge on any atom is -0.351 e. The van der Waals surface area contributed by atoms with Crippen molar-refractivity contribution in [2.45, 2.75) is 50.6 Å². The molecule has 0 atom stereocenters. The quantitative estimate of drug-likeness (QED) is 0.666. The minimum atomic E-state index is -0.204. The monoisotopic (exact) mass is 168 g/mol. The van der Waals surface area contributed by atoms with Gasteiger partial charge in [0.15, 0.2) is 0 Å². The largest absolute Gasteiger partial charge is 0.351 e. The number of urea groups is 1. The lowest BCUT2D eigenvalue weighted by Gasteiger charge is -2.26. The van der Waals surface area contributed by atoms with Gasteiger partial charge in [-0.3, -0.25) is 0 Å². The summed E-state index contributed by atoms with van der Waals surface area (Å²) in [4.78, 5) is 13.0. The fourth-order valence-corrected chi connectivity index (χ4v) is 2.19. The second-order valence-corrected chi connectivity index (χ2v) is 3.91. The highest BCUT2D eigenvalue weighted by atomic mass is 16.2. The van der Waals surface area contributed by atoms with E-state index in [2.05, 4.69) is 0 Å². The van der Waals surface area contributed by atoms with Gasteiger partial charge in [0.1, 0.15) is 0 Å². The summed E-state index contributed by atoms with van der Waals surface area (Å²) in [5.41, 5.74) is 5.34. The summed E-state index contributed by atoms with van der Waals surface area (Å²) in [7, 11) is 0. The van der Waals surface area contributed by atoms with E-state index in [1.165, 1.54) is 38.5 Å². The molecule has 2 amide bonds. The van der Waals surface area contributed by atoms with Crippen LogP contribution in [0.2, 0.25) is 0 Å². The van der Waals surface area contributed by atoms with Crippen LogP contribution in [0.15, 0.2) is 0 Å². The summed E-state index contributed by atoms with van der Waals surface area (Å²) in [5.74, 6) is 0. The Bertz CT molecular complexity index is 183. The van der Waals surface area contributed by atoms with Crippen LogP contribution in [-0.2, 0) is 0 Å². The lowest BCUT2D eigenvalue weighted by atomic mass is 10.2. The molecular formula is C9H16N2O. The van der Waals surface area contributed by atoms with Crippen LogP contribution in [0.3, 0.4) is 0 Å². The van der Waals surface area contributed by atoms with Crippen LogP contribution in [0.4, 0.5) is 4.79 Å². The van der Waals surface area contributed by atoms with Gasteiger partial charge in [-0.05, 0) is 25.7 Å². The topological polar surface area (TPSA) is 46.3 Å². The van der Waals surface area contributed by atoms with Crippen molar-refractivity contribution in [3.05, 3.63) is 0 Å². The molecule has 3 nitrogen and oxygen atoms in total. The molecule has 2 aliphatic carbocycles. The van der Waals surface area contributed by atoms with Crippen molar-refractivity contribution in [2.24, 2.45) is 5.73 Å². The van der Waals surface area contributed by atoms with Crippen LogP contribution in [0.25, 0.3) is 0 Å². The predicted octanol–water partition coefficient (Wildman–Crippen LogP) is 1.47. The maximum Gasteiger partial charge on any atom is 0.315 e. The third-order valence-corrected chi connectivity index (χ3v) is 2.91. The van der Waals surface area contributed by atoms with E-state index >= 15 is 0 Å². The van der Waals surface area contributed by atoms with E-state index in [0.717, 1.165) is 0 Å². The molecule has 68 valence electrons. The number of hydrogen-bond donors (Lipinski definition) is 1. The second kappa shape index (κ2) is 2.96. The molecule has 0 bridgehead atoms. The number of primary amides is 1. The Morgan fingerprint density at radius 1 is 1.08 bits per heavy atom. The smallest absolute Gasteiger partial charge is 0.315 e. The summed E-state index contributed by atoms with van der Waals surface area (Å²) in [6.07, 6.45) is 7.19. The Hall–Kier alpha value is -0.730. The predicted molar refractivity (Wildman–Crippen MR) is 46.7 cm³/mol. The Morgan fingerprint density at radius 3 is 2.00 bits per heavy atom. The van der Waals surface area contributed by atoms with E-state index in [1.807, 2.05) is 4.90 Å². The van der Waals surface area contributed by atoms with E-state index < -0.39 is 0 Å². The van der Waals surface area contributed by atoms with Crippen LogP contribution >= 0.6 is 0 Å². The van der Waals surface area contributed by atoms with Crippen LogP contribution in [0, 0.1) is 0 Å². The molecular weight excluding hydrogens is 152 g/mol. The number of nitrogens with two attached hydrogens (primary N) is 1. The van der Waals surface area contributed by atoms with E-state index in [0.29, 0.717) is 12.1 Å². The molecule has 2 saturated carbocycles. The van der Waals surface area contributed by atoms with Gasteiger partial charge in [-0.25, -0.2) is 4.79 Å². The van der Waals surface area contributed by atoms with Gasteiger partial charge in [0.05, 0.1) is 0 Å². The molecule has 0 aromatic rings. The van der Waals surface area contributed by atoms with Gasteiger partial charge in [0.25, 0.3) is 0 Å². The molecule has 12 heavy (non-hydrogen) atoms. The standard InChI is InChI=1S/C9H16N2O/c10-9(12)11(8-5-6-8)7-3-1-2-4-7/h7-8H,1-6H2,(H2,10,12). The molecule has 0 radical (unpaired) electrons. The van der Waals surface area contributed by atoms with Gasteiger partial charge < -0.3 is 10.6 Å². The highest BCUT2D eigenvalue weighted by Crippen LogP contribution is 2.33. The lowest BCUT2D eigenvalue weighted by Crippen LogP contribution is -2.43. The minimum absolute atomic E-state index is 0.204. The summed E-state index contributed by atoms with van der Waals surface area (Å²) in [5, 5.41) is 0. The highest BCUT2D eigenvalue weighted by Gasteiger charge is 2.37. The number of nitrogens with zero attached hydrogens (tertiary/aromatic N) is 1. The van der Waals surface area contributed by atoms with Crippen LogP contribution in [0.5, 0.6) is 0 Å². The SMILES string of the molecule is NC(=O)N(C1CCCC1)C1CC1. The van der Waals surface area contributed by atoms with E-state index in [9.17, 15) is 4.79 Å². The number of amides is 2. The van der Waals surface area contributed by atoms with E-state index in [-0.39, 0.29) is 6.03 Å². The van der Waals surface area contributed by atoms with Gasteiger partial charge in [0, 0.05) is 12.1 Å². The third-order valence-electron chi connectivity index (χ3n) is 2.91. The molecule has 0 saturated heterocycles. The van der Waals surface area contributed by atoms with Gasteiger partial charge >= 0.3 is 6.03 Å². The van der Waals surface area contributed by atoms with Crippen molar-refractivity contribution in [3.63, 3.8) is 0 Å². The zero-order valence-electron chi connectivity index (χ0n) is 7.33. The van der Waals surface area contributed by atoms with Crippen molar-refractivity contribution >= 4 is 6.03 Å². The Kier molecular flexibility index (Phi) is 1.95. The lowest BCUT2D eigenvalue weighted by molar-refractivity contribution is 0.180. The molecule has 2 fully saturated rings. The highest BCUT2D eigenvalue weighted by molar-refractivity contribution is 5.73. The average Bonchev–Trinajstić information content (AvgIpc) is 2.65. The third kappa shape index (κ3) is 1.40. The van der Waals surface area contributed by atoms with Crippen molar-refractivity contribution in [1.29, 1.82) is 0 Å². The summed E-state index contributed by atoms with van der Waals surface area (Å²) in [6, 6.07) is 0.755. The normalized spacial score (nSPS) is 24.3. The number of carbonyl (C=O) groups is 1. The molecule has 2 N–H and O–H groups in total. The summed E-state index contributed by atoms with van der Waals surface area (Å²) < 4.78 is 0. The molecule has 2 aliphatic rings. The number of hydrogen-bond acceptors (Lipinski definition) is 1. The Labute approximate surface area is 72.9 Å². The maximum atomic E-state index is 11.1. The molecule has 0 heterocycles. The van der Waals surface area contributed by atoms with Crippen LogP contribution in [0.1, 0.15) is 38.5 Å². The average molecular weight is 168 g/mol. The molecule has 0 aromatic carbocycles. The van der Waals surface area contributed by atoms with Crippen molar-refractivity contribution < 1.29 is 4.79 Å².